The molecule has 0 aliphatic rings. The monoisotopic (exact) mass is 308 g/mol. The number of thiophene rings is 1. The molecule has 0 fully saturated rings. The average Bonchev–Trinajstić information content (AvgIpc) is 3.23. The molecule has 0 spiro atoms. The fourth-order valence-electron chi connectivity index (χ4n) is 2.22. The lowest BCUT2D eigenvalue weighted by Crippen LogP contribution is -2.03. The number of aromatic nitrogens is 5. The zero-order valence-corrected chi connectivity index (χ0v) is 12.4. The fraction of sp³-hybridized carbons (Fsp3) is 0.0667. The highest BCUT2D eigenvalue weighted by atomic mass is 32.1. The highest BCUT2D eigenvalue weighted by Gasteiger charge is 2.11. The average molecular weight is 308 g/mol. The molecule has 7 heteroatoms. The van der Waals surface area contributed by atoms with E-state index >= 15 is 0 Å². The second-order valence-electron chi connectivity index (χ2n) is 4.64. The summed E-state index contributed by atoms with van der Waals surface area (Å²) in [6.45, 7) is 0.735. The lowest BCUT2D eigenvalue weighted by atomic mass is 10.3. The SMILES string of the molecule is c1ccc(-n2ncc3c(NCc4cccs4)ncnc32)nc1. The van der Waals surface area contributed by atoms with Crippen LogP contribution in [0.1, 0.15) is 4.88 Å². The van der Waals surface area contributed by atoms with Crippen molar-refractivity contribution in [3.8, 4) is 5.82 Å². The maximum Gasteiger partial charge on any atom is 0.170 e. The molecule has 0 amide bonds. The first-order valence-electron chi connectivity index (χ1n) is 6.78. The molecule has 0 saturated carbocycles. The van der Waals surface area contributed by atoms with E-state index in [1.165, 1.54) is 4.88 Å². The quantitative estimate of drug-likeness (QED) is 0.628. The van der Waals surface area contributed by atoms with Gasteiger partial charge in [-0.05, 0) is 23.6 Å². The molecule has 0 saturated heterocycles. The first-order valence-corrected chi connectivity index (χ1v) is 7.66. The van der Waals surface area contributed by atoms with Gasteiger partial charge in [-0.2, -0.15) is 9.78 Å². The van der Waals surface area contributed by atoms with Gasteiger partial charge in [-0.25, -0.2) is 15.0 Å². The molecule has 0 aliphatic heterocycles. The molecular formula is C15H12N6S. The van der Waals surface area contributed by atoms with Gasteiger partial charge in [-0.15, -0.1) is 11.3 Å². The first-order chi connectivity index (χ1) is 10.9. The van der Waals surface area contributed by atoms with Crippen molar-refractivity contribution >= 4 is 28.2 Å². The maximum atomic E-state index is 4.39. The van der Waals surface area contributed by atoms with Gasteiger partial charge in [0.1, 0.15) is 12.1 Å². The van der Waals surface area contributed by atoms with E-state index in [1.54, 1.807) is 34.7 Å². The third kappa shape index (κ3) is 2.31. The number of anilines is 1. The molecule has 1 N–H and O–H groups in total. The highest BCUT2D eigenvalue weighted by Crippen LogP contribution is 2.21. The zero-order chi connectivity index (χ0) is 14.8. The molecule has 4 aromatic rings. The van der Waals surface area contributed by atoms with Crippen molar-refractivity contribution in [1.82, 2.24) is 24.7 Å². The summed E-state index contributed by atoms with van der Waals surface area (Å²) in [5, 5.41) is 10.7. The number of rotatable bonds is 4. The second-order valence-corrected chi connectivity index (χ2v) is 5.67. The van der Waals surface area contributed by atoms with Crippen LogP contribution in [0.5, 0.6) is 0 Å². The van der Waals surface area contributed by atoms with Crippen molar-refractivity contribution in [2.45, 2.75) is 6.54 Å². The lowest BCUT2D eigenvalue weighted by molar-refractivity contribution is 0.861. The van der Waals surface area contributed by atoms with E-state index in [0.29, 0.717) is 0 Å². The summed E-state index contributed by atoms with van der Waals surface area (Å²) in [5.41, 5.74) is 0.738. The maximum absolute atomic E-state index is 4.39. The predicted molar refractivity (Wildman–Crippen MR) is 86.1 cm³/mol. The van der Waals surface area contributed by atoms with Gasteiger partial charge >= 0.3 is 0 Å². The van der Waals surface area contributed by atoms with E-state index in [-0.39, 0.29) is 0 Å². The van der Waals surface area contributed by atoms with Crippen LogP contribution in [-0.4, -0.2) is 24.7 Å². The van der Waals surface area contributed by atoms with E-state index in [0.717, 1.165) is 29.2 Å². The molecule has 0 bridgehead atoms. The standard InChI is InChI=1S/C15H12N6S/c1-2-6-16-13(5-1)21-15-12(9-20-21)14(18-10-19-15)17-8-11-4-3-7-22-11/h1-7,9-10H,8H2,(H,17,18,19). The van der Waals surface area contributed by atoms with Gasteiger partial charge < -0.3 is 5.32 Å². The zero-order valence-electron chi connectivity index (χ0n) is 11.5. The minimum absolute atomic E-state index is 0.735. The summed E-state index contributed by atoms with van der Waals surface area (Å²) >= 11 is 1.71. The number of pyridine rings is 1. The van der Waals surface area contributed by atoms with Crippen molar-refractivity contribution in [3.05, 3.63) is 59.3 Å². The molecule has 6 nitrogen and oxygen atoms in total. The van der Waals surface area contributed by atoms with Gasteiger partial charge in [0, 0.05) is 11.1 Å². The Kier molecular flexibility index (Phi) is 3.24. The van der Waals surface area contributed by atoms with Gasteiger partial charge in [-0.1, -0.05) is 12.1 Å². The Balaban J connectivity index is 1.71. The van der Waals surface area contributed by atoms with Crippen LogP contribution in [0, 0.1) is 0 Å². The molecule has 0 aromatic carbocycles. The summed E-state index contributed by atoms with van der Waals surface area (Å²) in [4.78, 5) is 14.2. The summed E-state index contributed by atoms with van der Waals surface area (Å²) in [7, 11) is 0. The first kappa shape index (κ1) is 12.9. The third-order valence-electron chi connectivity index (χ3n) is 3.24. The van der Waals surface area contributed by atoms with Crippen LogP contribution in [0.2, 0.25) is 0 Å². The van der Waals surface area contributed by atoms with Gasteiger partial charge in [-0.3, -0.25) is 0 Å². The van der Waals surface area contributed by atoms with Crippen molar-refractivity contribution in [2.75, 3.05) is 5.32 Å². The van der Waals surface area contributed by atoms with Gasteiger partial charge in [0.15, 0.2) is 11.5 Å². The van der Waals surface area contributed by atoms with Crippen LogP contribution in [0.3, 0.4) is 0 Å². The van der Waals surface area contributed by atoms with Crippen molar-refractivity contribution in [1.29, 1.82) is 0 Å². The fourth-order valence-corrected chi connectivity index (χ4v) is 2.86. The Bertz CT molecular complexity index is 885. The number of fused-ring (bicyclic) bond motifs is 1. The Hall–Kier alpha value is -2.80. The third-order valence-corrected chi connectivity index (χ3v) is 4.12. The molecule has 0 aliphatic carbocycles. The summed E-state index contributed by atoms with van der Waals surface area (Å²) in [6.07, 6.45) is 5.04. The number of nitrogens with one attached hydrogen (secondary N) is 1. The molecule has 0 atom stereocenters. The molecule has 0 radical (unpaired) electrons. The van der Waals surface area contributed by atoms with E-state index in [1.807, 2.05) is 24.3 Å². The van der Waals surface area contributed by atoms with Crippen LogP contribution < -0.4 is 5.32 Å². The Morgan fingerprint density at radius 2 is 2.09 bits per heavy atom. The normalized spacial score (nSPS) is 10.9. The number of hydrogen-bond donors (Lipinski definition) is 1. The van der Waals surface area contributed by atoms with Gasteiger partial charge in [0.25, 0.3) is 0 Å². The smallest absolute Gasteiger partial charge is 0.170 e. The van der Waals surface area contributed by atoms with E-state index in [9.17, 15) is 0 Å². The predicted octanol–water partition coefficient (Wildman–Crippen LogP) is 2.88. The molecule has 4 rings (SSSR count). The van der Waals surface area contributed by atoms with E-state index in [4.69, 9.17) is 0 Å². The topological polar surface area (TPSA) is 68.5 Å². The largest absolute Gasteiger partial charge is 0.364 e. The number of hydrogen-bond acceptors (Lipinski definition) is 6. The summed E-state index contributed by atoms with van der Waals surface area (Å²) in [6, 6.07) is 9.82. The van der Waals surface area contributed by atoms with Crippen LogP contribution in [0.4, 0.5) is 5.82 Å². The van der Waals surface area contributed by atoms with E-state index < -0.39 is 0 Å². The minimum atomic E-state index is 0.735. The van der Waals surface area contributed by atoms with Crippen molar-refractivity contribution in [3.63, 3.8) is 0 Å². The van der Waals surface area contributed by atoms with Crippen molar-refractivity contribution < 1.29 is 0 Å². The Morgan fingerprint density at radius 1 is 1.09 bits per heavy atom. The van der Waals surface area contributed by atoms with Crippen molar-refractivity contribution in [2.24, 2.45) is 0 Å². The minimum Gasteiger partial charge on any atom is -0.364 e. The molecule has 0 unspecified atom stereocenters. The number of nitrogens with zero attached hydrogens (tertiary/aromatic N) is 5. The van der Waals surface area contributed by atoms with Gasteiger partial charge in [0.05, 0.1) is 18.1 Å². The van der Waals surface area contributed by atoms with E-state index in [2.05, 4.69) is 36.8 Å². The van der Waals surface area contributed by atoms with Crippen LogP contribution in [0.15, 0.2) is 54.4 Å². The van der Waals surface area contributed by atoms with Gasteiger partial charge in [0.2, 0.25) is 0 Å². The summed E-state index contributed by atoms with van der Waals surface area (Å²) < 4.78 is 1.72. The lowest BCUT2D eigenvalue weighted by Gasteiger charge is -2.05. The Morgan fingerprint density at radius 3 is 2.91 bits per heavy atom. The Labute approximate surface area is 130 Å². The molecular weight excluding hydrogens is 296 g/mol. The summed E-state index contributed by atoms with van der Waals surface area (Å²) in [5.74, 6) is 1.51. The van der Waals surface area contributed by atoms with Crippen LogP contribution in [-0.2, 0) is 6.54 Å². The molecule has 22 heavy (non-hydrogen) atoms. The molecule has 4 aromatic heterocycles. The second kappa shape index (κ2) is 5.53. The van der Waals surface area contributed by atoms with Crippen LogP contribution in [0.25, 0.3) is 16.9 Å². The van der Waals surface area contributed by atoms with Crippen LogP contribution >= 0.6 is 11.3 Å². The molecule has 4 heterocycles. The highest BCUT2D eigenvalue weighted by molar-refractivity contribution is 7.09. The molecule has 108 valence electrons.